The van der Waals surface area contributed by atoms with Gasteiger partial charge in [0, 0.05) is 37.4 Å². The summed E-state index contributed by atoms with van der Waals surface area (Å²) in [4.78, 5) is 24.3. The molecule has 4 aliphatic rings. The summed E-state index contributed by atoms with van der Waals surface area (Å²) in [5.74, 6) is 0.0910. The summed E-state index contributed by atoms with van der Waals surface area (Å²) in [6.07, 6.45) is 5.88. The molecule has 2 bridgehead atoms. The zero-order valence-corrected chi connectivity index (χ0v) is 18.9. The monoisotopic (exact) mass is 418 g/mol. The molecule has 1 saturated heterocycles. The van der Waals surface area contributed by atoms with Gasteiger partial charge in [-0.15, -0.1) is 0 Å². The number of methoxy groups -OCH3 is 1. The molecule has 30 heavy (non-hydrogen) atoms. The predicted molar refractivity (Wildman–Crippen MR) is 110 cm³/mol. The first kappa shape index (κ1) is 21.6. The Morgan fingerprint density at radius 3 is 2.57 bits per heavy atom. The highest BCUT2D eigenvalue weighted by atomic mass is 16.8. The van der Waals surface area contributed by atoms with Gasteiger partial charge >= 0.3 is 11.9 Å². The molecule has 6 heteroatoms. The van der Waals surface area contributed by atoms with E-state index in [1.807, 2.05) is 13.8 Å². The maximum atomic E-state index is 12.6. The fourth-order valence-electron chi connectivity index (χ4n) is 6.87. The molecular formula is C24H34O6. The van der Waals surface area contributed by atoms with Gasteiger partial charge in [0.25, 0.3) is 0 Å². The van der Waals surface area contributed by atoms with E-state index < -0.39 is 12.6 Å². The maximum Gasteiger partial charge on any atom is 0.331 e. The minimum absolute atomic E-state index is 0.0160. The molecule has 166 valence electrons. The smallest absolute Gasteiger partial charge is 0.331 e. The molecule has 2 saturated carbocycles. The Morgan fingerprint density at radius 2 is 1.93 bits per heavy atom. The summed E-state index contributed by atoms with van der Waals surface area (Å²) >= 11 is 0. The molecule has 7 unspecified atom stereocenters. The van der Waals surface area contributed by atoms with E-state index in [0.29, 0.717) is 5.92 Å². The lowest BCUT2D eigenvalue weighted by Crippen LogP contribution is -2.53. The molecule has 0 amide bonds. The molecule has 1 spiro atoms. The molecule has 7 atom stereocenters. The average molecular weight is 419 g/mol. The van der Waals surface area contributed by atoms with Crippen LogP contribution in [-0.2, 0) is 28.5 Å². The number of hydrogen-bond donors (Lipinski definition) is 0. The Kier molecular flexibility index (Phi) is 5.38. The van der Waals surface area contributed by atoms with Crippen molar-refractivity contribution in [3.63, 3.8) is 0 Å². The third-order valence-corrected chi connectivity index (χ3v) is 8.25. The Hall–Kier alpha value is -1.66. The van der Waals surface area contributed by atoms with Crippen LogP contribution in [0.1, 0.15) is 60.3 Å². The van der Waals surface area contributed by atoms with Gasteiger partial charge in [-0.2, -0.15) is 0 Å². The SMILES string of the molecule is CCC(C)=CC(=O)OC1C=C2C(OC)OC(OC(C)=O)C3CCC4C(C)(C)C1CC234. The lowest BCUT2D eigenvalue weighted by molar-refractivity contribution is -0.274. The molecule has 3 aliphatic carbocycles. The Morgan fingerprint density at radius 1 is 1.20 bits per heavy atom. The summed E-state index contributed by atoms with van der Waals surface area (Å²) in [6.45, 7) is 9.97. The van der Waals surface area contributed by atoms with Crippen molar-refractivity contribution in [1.82, 2.24) is 0 Å². The molecule has 3 fully saturated rings. The van der Waals surface area contributed by atoms with Crippen molar-refractivity contribution in [3.05, 3.63) is 23.3 Å². The van der Waals surface area contributed by atoms with Gasteiger partial charge in [-0.3, -0.25) is 4.79 Å². The second kappa shape index (κ2) is 7.49. The number of fused-ring (bicyclic) bond motifs is 1. The van der Waals surface area contributed by atoms with Crippen LogP contribution in [0.25, 0.3) is 0 Å². The van der Waals surface area contributed by atoms with Gasteiger partial charge in [-0.25, -0.2) is 4.79 Å². The number of allylic oxidation sites excluding steroid dienone is 1. The van der Waals surface area contributed by atoms with Crippen molar-refractivity contribution < 1.29 is 28.5 Å². The van der Waals surface area contributed by atoms with E-state index in [1.54, 1.807) is 13.2 Å². The molecule has 0 aromatic heterocycles. The minimum atomic E-state index is -0.602. The average Bonchev–Trinajstić information content (AvgIpc) is 3.14. The Balaban J connectivity index is 1.74. The van der Waals surface area contributed by atoms with Gasteiger partial charge in [0.2, 0.25) is 6.29 Å². The predicted octanol–water partition coefficient (Wildman–Crippen LogP) is 4.15. The lowest BCUT2D eigenvalue weighted by Gasteiger charge is -2.50. The van der Waals surface area contributed by atoms with E-state index in [-0.39, 0.29) is 40.7 Å². The van der Waals surface area contributed by atoms with Gasteiger partial charge in [0.05, 0.1) is 0 Å². The van der Waals surface area contributed by atoms with E-state index in [2.05, 4.69) is 19.9 Å². The lowest BCUT2D eigenvalue weighted by atomic mass is 9.63. The van der Waals surface area contributed by atoms with E-state index in [9.17, 15) is 9.59 Å². The van der Waals surface area contributed by atoms with Gasteiger partial charge < -0.3 is 18.9 Å². The molecule has 0 N–H and O–H groups in total. The largest absolute Gasteiger partial charge is 0.455 e. The first-order valence-corrected chi connectivity index (χ1v) is 11.1. The summed E-state index contributed by atoms with van der Waals surface area (Å²) in [7, 11) is 1.61. The molecule has 1 aliphatic heterocycles. The van der Waals surface area contributed by atoms with Crippen LogP contribution in [0, 0.1) is 28.6 Å². The second-order valence-corrected chi connectivity index (χ2v) is 9.96. The van der Waals surface area contributed by atoms with Gasteiger partial charge in [-0.05, 0) is 55.6 Å². The first-order valence-electron chi connectivity index (χ1n) is 11.1. The molecule has 1 heterocycles. The second-order valence-electron chi connectivity index (χ2n) is 9.96. The van der Waals surface area contributed by atoms with E-state index in [0.717, 1.165) is 36.8 Å². The van der Waals surface area contributed by atoms with E-state index in [1.165, 1.54) is 6.92 Å². The van der Waals surface area contributed by atoms with Crippen LogP contribution >= 0.6 is 0 Å². The number of carbonyl (C=O) groups excluding carboxylic acids is 2. The number of carbonyl (C=O) groups is 2. The number of ether oxygens (including phenoxy) is 4. The van der Waals surface area contributed by atoms with Crippen LogP contribution in [0.3, 0.4) is 0 Å². The minimum Gasteiger partial charge on any atom is -0.455 e. The van der Waals surface area contributed by atoms with E-state index >= 15 is 0 Å². The molecule has 4 rings (SSSR count). The van der Waals surface area contributed by atoms with Crippen LogP contribution in [-0.4, -0.2) is 37.7 Å². The molecule has 0 aromatic rings. The highest BCUT2D eigenvalue weighted by Crippen LogP contribution is 2.74. The third-order valence-electron chi connectivity index (χ3n) is 8.25. The number of rotatable bonds is 5. The van der Waals surface area contributed by atoms with Gasteiger partial charge in [0.15, 0.2) is 6.29 Å². The summed E-state index contributed by atoms with van der Waals surface area (Å²) in [5, 5.41) is 0. The standard InChI is InChI=1S/C24H34O6/c1-7-13(2)10-20(26)29-18-11-16-21(27-6)30-22(28-14(3)25)15-8-9-19-23(4,5)17(18)12-24(15,16)19/h10-11,15,17-19,21-22H,7-9,12H2,1-6H3. The highest BCUT2D eigenvalue weighted by molar-refractivity contribution is 5.83. The van der Waals surface area contributed by atoms with Crippen LogP contribution in [0.15, 0.2) is 23.3 Å². The van der Waals surface area contributed by atoms with Crippen LogP contribution < -0.4 is 0 Å². The zero-order valence-electron chi connectivity index (χ0n) is 18.9. The van der Waals surface area contributed by atoms with Crippen LogP contribution in [0.2, 0.25) is 0 Å². The fraction of sp³-hybridized carbons (Fsp3) is 0.750. The van der Waals surface area contributed by atoms with Crippen molar-refractivity contribution in [3.8, 4) is 0 Å². The molecule has 6 nitrogen and oxygen atoms in total. The normalized spacial score (nSPS) is 41.1. The van der Waals surface area contributed by atoms with Crippen molar-refractivity contribution >= 4 is 11.9 Å². The number of esters is 2. The highest BCUT2D eigenvalue weighted by Gasteiger charge is 2.72. The summed E-state index contributed by atoms with van der Waals surface area (Å²) in [6, 6.07) is 0. The van der Waals surface area contributed by atoms with E-state index in [4.69, 9.17) is 18.9 Å². The van der Waals surface area contributed by atoms with Gasteiger partial charge in [-0.1, -0.05) is 26.3 Å². The fourth-order valence-corrected chi connectivity index (χ4v) is 6.87. The topological polar surface area (TPSA) is 71.1 Å². The molecular weight excluding hydrogens is 384 g/mol. The molecule has 0 radical (unpaired) electrons. The zero-order chi connectivity index (χ0) is 21.8. The maximum absolute atomic E-state index is 12.6. The van der Waals surface area contributed by atoms with Crippen LogP contribution in [0.5, 0.6) is 0 Å². The first-order chi connectivity index (χ1) is 14.1. The summed E-state index contributed by atoms with van der Waals surface area (Å²) in [5.41, 5.74) is 1.92. The summed E-state index contributed by atoms with van der Waals surface area (Å²) < 4.78 is 23.4. The van der Waals surface area contributed by atoms with Gasteiger partial charge in [0.1, 0.15) is 6.10 Å². The molecule has 0 aromatic carbocycles. The Bertz CT molecular complexity index is 796. The van der Waals surface area contributed by atoms with Crippen molar-refractivity contribution in [2.75, 3.05) is 7.11 Å². The quantitative estimate of drug-likeness (QED) is 0.380. The van der Waals surface area contributed by atoms with Crippen LogP contribution in [0.4, 0.5) is 0 Å². The third kappa shape index (κ3) is 3.06. The van der Waals surface area contributed by atoms with Crippen molar-refractivity contribution in [1.29, 1.82) is 0 Å². The van der Waals surface area contributed by atoms with Crippen molar-refractivity contribution in [2.24, 2.45) is 28.6 Å². The number of hydrogen-bond acceptors (Lipinski definition) is 6. The van der Waals surface area contributed by atoms with Crippen molar-refractivity contribution in [2.45, 2.75) is 79.0 Å². The Labute approximate surface area is 179 Å².